The second kappa shape index (κ2) is 5.65. The van der Waals surface area contributed by atoms with Crippen LogP contribution in [-0.4, -0.2) is 27.4 Å². The van der Waals surface area contributed by atoms with Gasteiger partial charge in [-0.25, -0.2) is 0 Å². The molecule has 0 bridgehead atoms. The molecule has 18 heavy (non-hydrogen) atoms. The van der Waals surface area contributed by atoms with E-state index in [1.165, 1.54) is 4.88 Å². The van der Waals surface area contributed by atoms with Crippen LogP contribution in [0.3, 0.4) is 0 Å². The number of hydrogen-bond donors (Lipinski definition) is 3. The Labute approximate surface area is 111 Å². The molecule has 0 aliphatic heterocycles. The third-order valence-corrected chi connectivity index (χ3v) is 3.87. The number of rotatable bonds is 6. The van der Waals surface area contributed by atoms with Gasteiger partial charge in [0.05, 0.1) is 16.8 Å². The Morgan fingerprint density at radius 2 is 2.33 bits per heavy atom. The summed E-state index contributed by atoms with van der Waals surface area (Å²) in [4.78, 5) is 1.20. The first-order valence-corrected chi connectivity index (χ1v) is 6.92. The maximum absolute atomic E-state index is 9.01. The molecule has 0 amide bonds. The molecule has 0 aromatic carbocycles. The van der Waals surface area contributed by atoms with Gasteiger partial charge >= 0.3 is 0 Å². The predicted molar refractivity (Wildman–Crippen MR) is 74.5 cm³/mol. The monoisotopic (exact) mass is 265 g/mol. The van der Waals surface area contributed by atoms with Gasteiger partial charge in [-0.3, -0.25) is 5.10 Å². The first-order chi connectivity index (χ1) is 8.62. The fourth-order valence-electron chi connectivity index (χ4n) is 1.78. The van der Waals surface area contributed by atoms with Crippen molar-refractivity contribution in [2.24, 2.45) is 0 Å². The lowest BCUT2D eigenvalue weighted by Gasteiger charge is -2.25. The number of aromatic nitrogens is 2. The molecule has 0 aliphatic rings. The van der Waals surface area contributed by atoms with E-state index in [2.05, 4.69) is 40.8 Å². The van der Waals surface area contributed by atoms with Gasteiger partial charge in [0.15, 0.2) is 0 Å². The van der Waals surface area contributed by atoms with Gasteiger partial charge in [0, 0.05) is 24.3 Å². The zero-order valence-electron chi connectivity index (χ0n) is 10.7. The Bertz CT molecular complexity index is 476. The van der Waals surface area contributed by atoms with Crippen molar-refractivity contribution in [1.82, 2.24) is 15.5 Å². The van der Waals surface area contributed by atoms with Crippen LogP contribution in [0.5, 0.6) is 0 Å². The van der Waals surface area contributed by atoms with Crippen LogP contribution in [0.1, 0.15) is 25.8 Å². The van der Waals surface area contributed by atoms with E-state index >= 15 is 0 Å². The van der Waals surface area contributed by atoms with Gasteiger partial charge in [-0.2, -0.15) is 5.10 Å². The Kier molecular flexibility index (Phi) is 4.16. The molecule has 2 heterocycles. The maximum Gasteiger partial charge on any atom is 0.0794 e. The molecule has 0 saturated carbocycles. The molecule has 3 N–H and O–H groups in total. The molecule has 0 saturated heterocycles. The zero-order valence-corrected chi connectivity index (χ0v) is 11.5. The van der Waals surface area contributed by atoms with E-state index in [9.17, 15) is 0 Å². The van der Waals surface area contributed by atoms with Crippen molar-refractivity contribution in [2.45, 2.75) is 32.4 Å². The number of hydrogen-bond acceptors (Lipinski definition) is 4. The standard InChI is InChI=1S/C13H19N3OS/c1-13(2,5-6-17)14-8-10-9-15-16-12(10)11-4-3-7-18-11/h3-4,7,9,14,17H,5-6,8H2,1-2H3,(H,15,16). The molecule has 0 radical (unpaired) electrons. The largest absolute Gasteiger partial charge is 0.396 e. The highest BCUT2D eigenvalue weighted by atomic mass is 32.1. The predicted octanol–water partition coefficient (Wildman–Crippen LogP) is 2.39. The van der Waals surface area contributed by atoms with Gasteiger partial charge in [-0.15, -0.1) is 11.3 Å². The second-order valence-corrected chi connectivity index (χ2v) is 5.91. The summed E-state index contributed by atoms with van der Waals surface area (Å²) in [6.45, 7) is 5.13. The summed E-state index contributed by atoms with van der Waals surface area (Å²) in [6, 6.07) is 4.12. The number of aliphatic hydroxyl groups excluding tert-OH is 1. The Morgan fingerprint density at radius 3 is 3.00 bits per heavy atom. The molecule has 0 aliphatic carbocycles. The molecule has 2 rings (SSSR count). The summed E-state index contributed by atoms with van der Waals surface area (Å²) in [7, 11) is 0. The van der Waals surface area contributed by atoms with Crippen LogP contribution >= 0.6 is 11.3 Å². The molecular weight excluding hydrogens is 246 g/mol. The van der Waals surface area contributed by atoms with Crippen molar-refractivity contribution in [3.8, 4) is 10.6 Å². The molecule has 0 atom stereocenters. The van der Waals surface area contributed by atoms with Crippen molar-refractivity contribution < 1.29 is 5.11 Å². The number of aromatic amines is 1. The highest BCUT2D eigenvalue weighted by Gasteiger charge is 2.17. The molecule has 2 aromatic rings. The Morgan fingerprint density at radius 1 is 1.50 bits per heavy atom. The minimum absolute atomic E-state index is 0.0707. The summed E-state index contributed by atoms with van der Waals surface area (Å²) in [5.41, 5.74) is 2.17. The normalized spacial score (nSPS) is 11.9. The molecule has 0 spiro atoms. The first kappa shape index (κ1) is 13.3. The molecule has 0 unspecified atom stereocenters. The second-order valence-electron chi connectivity index (χ2n) is 4.96. The fraction of sp³-hybridized carbons (Fsp3) is 0.462. The highest BCUT2D eigenvalue weighted by molar-refractivity contribution is 7.13. The Hall–Kier alpha value is -1.17. The number of nitrogens with one attached hydrogen (secondary N) is 2. The lowest BCUT2D eigenvalue weighted by atomic mass is 10.0. The van der Waals surface area contributed by atoms with Gasteiger partial charge in [0.2, 0.25) is 0 Å². The molecule has 2 aromatic heterocycles. The fourth-order valence-corrected chi connectivity index (χ4v) is 2.54. The van der Waals surface area contributed by atoms with E-state index in [0.29, 0.717) is 0 Å². The molecule has 0 fully saturated rings. The van der Waals surface area contributed by atoms with Crippen molar-refractivity contribution >= 4 is 11.3 Å². The third kappa shape index (κ3) is 3.19. The van der Waals surface area contributed by atoms with Crippen LogP contribution in [-0.2, 0) is 6.54 Å². The number of nitrogens with zero attached hydrogens (tertiary/aromatic N) is 1. The Balaban J connectivity index is 2.05. The summed E-state index contributed by atoms with van der Waals surface area (Å²) in [5, 5.41) is 21.7. The maximum atomic E-state index is 9.01. The topological polar surface area (TPSA) is 60.9 Å². The SMILES string of the molecule is CC(C)(CCO)NCc1cn[nH]c1-c1cccs1. The lowest BCUT2D eigenvalue weighted by Crippen LogP contribution is -2.39. The summed E-state index contributed by atoms with van der Waals surface area (Å²) >= 11 is 1.70. The molecule has 98 valence electrons. The minimum Gasteiger partial charge on any atom is -0.396 e. The van der Waals surface area contributed by atoms with E-state index in [0.717, 1.165) is 24.2 Å². The summed E-state index contributed by atoms with van der Waals surface area (Å²) < 4.78 is 0. The van der Waals surface area contributed by atoms with Gasteiger partial charge in [0.1, 0.15) is 0 Å². The number of H-pyrrole nitrogens is 1. The van der Waals surface area contributed by atoms with E-state index in [1.807, 2.05) is 12.3 Å². The van der Waals surface area contributed by atoms with E-state index in [1.54, 1.807) is 11.3 Å². The van der Waals surface area contributed by atoms with Crippen LogP contribution in [0.25, 0.3) is 10.6 Å². The van der Waals surface area contributed by atoms with Crippen molar-refractivity contribution in [1.29, 1.82) is 0 Å². The average molecular weight is 265 g/mol. The lowest BCUT2D eigenvalue weighted by molar-refractivity contribution is 0.230. The quantitative estimate of drug-likeness (QED) is 0.751. The van der Waals surface area contributed by atoms with Crippen LogP contribution in [0.4, 0.5) is 0 Å². The van der Waals surface area contributed by atoms with Crippen LogP contribution in [0, 0.1) is 0 Å². The highest BCUT2D eigenvalue weighted by Crippen LogP contribution is 2.26. The van der Waals surface area contributed by atoms with Crippen LogP contribution in [0.15, 0.2) is 23.7 Å². The van der Waals surface area contributed by atoms with Crippen molar-refractivity contribution in [3.63, 3.8) is 0 Å². The summed E-state index contributed by atoms with van der Waals surface area (Å²) in [5.74, 6) is 0. The van der Waals surface area contributed by atoms with E-state index in [4.69, 9.17) is 5.11 Å². The van der Waals surface area contributed by atoms with Crippen molar-refractivity contribution in [3.05, 3.63) is 29.3 Å². The van der Waals surface area contributed by atoms with Crippen molar-refractivity contribution in [2.75, 3.05) is 6.61 Å². The molecule has 4 nitrogen and oxygen atoms in total. The average Bonchev–Trinajstić information content (AvgIpc) is 2.97. The van der Waals surface area contributed by atoms with Gasteiger partial charge < -0.3 is 10.4 Å². The molecule has 5 heteroatoms. The minimum atomic E-state index is -0.0707. The summed E-state index contributed by atoms with van der Waals surface area (Å²) in [6.07, 6.45) is 2.59. The smallest absolute Gasteiger partial charge is 0.0794 e. The van der Waals surface area contributed by atoms with Gasteiger partial charge in [-0.1, -0.05) is 6.07 Å². The number of aliphatic hydroxyl groups is 1. The molecular formula is C13H19N3OS. The van der Waals surface area contributed by atoms with E-state index < -0.39 is 0 Å². The van der Waals surface area contributed by atoms with Gasteiger partial charge in [0.25, 0.3) is 0 Å². The van der Waals surface area contributed by atoms with E-state index in [-0.39, 0.29) is 12.1 Å². The van der Waals surface area contributed by atoms with Gasteiger partial charge in [-0.05, 0) is 31.7 Å². The first-order valence-electron chi connectivity index (χ1n) is 6.04. The van der Waals surface area contributed by atoms with Crippen LogP contribution in [0.2, 0.25) is 0 Å². The number of thiophene rings is 1. The zero-order chi connectivity index (χ0) is 13.0. The van der Waals surface area contributed by atoms with Crippen LogP contribution < -0.4 is 5.32 Å². The third-order valence-electron chi connectivity index (χ3n) is 2.98.